The van der Waals surface area contributed by atoms with Gasteiger partial charge < -0.3 is 14.2 Å². The van der Waals surface area contributed by atoms with Gasteiger partial charge in [0.15, 0.2) is 11.5 Å². The number of hydrogen-bond acceptors (Lipinski definition) is 3. The Morgan fingerprint density at radius 2 is 2.17 bits per heavy atom. The van der Waals surface area contributed by atoms with Gasteiger partial charge in [-0.25, -0.2) is 0 Å². The highest BCUT2D eigenvalue weighted by molar-refractivity contribution is 5.27. The summed E-state index contributed by atoms with van der Waals surface area (Å²) in [6, 6.07) is 0. The van der Waals surface area contributed by atoms with E-state index in [1.165, 1.54) is 0 Å². The maximum absolute atomic E-state index is 5.16. The van der Waals surface area contributed by atoms with Crippen LogP contribution in [0.4, 0.5) is 0 Å². The summed E-state index contributed by atoms with van der Waals surface area (Å²) in [4.78, 5) is 0. The topological polar surface area (TPSA) is 27.7 Å². The maximum atomic E-state index is 5.16. The Hall–Kier alpha value is -1.38. The molecule has 0 aromatic carbocycles. The Morgan fingerprint density at radius 1 is 1.50 bits per heavy atom. The largest absolute Gasteiger partial charge is 0.497 e. The molecule has 0 saturated carbocycles. The number of allylic oxidation sites excluding steroid dienone is 2. The van der Waals surface area contributed by atoms with Crippen LogP contribution in [0.25, 0.3) is 0 Å². The van der Waals surface area contributed by atoms with Crippen LogP contribution in [0.1, 0.15) is 6.92 Å². The van der Waals surface area contributed by atoms with Gasteiger partial charge in [-0.05, 0) is 13.0 Å². The Bertz CT molecular complexity index is 238. The van der Waals surface area contributed by atoms with Crippen LogP contribution < -0.4 is 0 Å². The van der Waals surface area contributed by atoms with Gasteiger partial charge in [-0.1, -0.05) is 6.58 Å². The van der Waals surface area contributed by atoms with Crippen molar-refractivity contribution in [2.45, 2.75) is 6.92 Å². The van der Waals surface area contributed by atoms with E-state index >= 15 is 0 Å². The number of ether oxygens (including phenoxy) is 3. The summed E-state index contributed by atoms with van der Waals surface area (Å²) in [6.07, 6.45) is 3.53. The van der Waals surface area contributed by atoms with E-state index in [1.807, 2.05) is 13.0 Å². The molecule has 1 fully saturated rings. The Morgan fingerprint density at radius 3 is 2.75 bits per heavy atom. The van der Waals surface area contributed by atoms with E-state index in [9.17, 15) is 0 Å². The molecule has 0 spiro atoms. The van der Waals surface area contributed by atoms with Crippen LogP contribution in [0.3, 0.4) is 0 Å². The predicted octanol–water partition coefficient (Wildman–Crippen LogP) is 1.94. The third-order valence-corrected chi connectivity index (χ3v) is 1.49. The van der Waals surface area contributed by atoms with Gasteiger partial charge in [0.2, 0.25) is 6.79 Å². The zero-order valence-corrected chi connectivity index (χ0v) is 7.29. The van der Waals surface area contributed by atoms with Gasteiger partial charge in [0.25, 0.3) is 0 Å². The predicted molar refractivity (Wildman–Crippen MR) is 45.0 cm³/mol. The van der Waals surface area contributed by atoms with Crippen LogP contribution in [-0.4, -0.2) is 13.9 Å². The molecule has 1 rings (SSSR count). The second kappa shape index (κ2) is 3.85. The van der Waals surface area contributed by atoms with E-state index in [4.69, 9.17) is 14.2 Å². The van der Waals surface area contributed by atoms with Crippen molar-refractivity contribution in [3.8, 4) is 0 Å². The Kier molecular flexibility index (Phi) is 2.80. The first-order chi connectivity index (χ1) is 5.77. The lowest BCUT2D eigenvalue weighted by molar-refractivity contribution is 0.0972. The highest BCUT2D eigenvalue weighted by atomic mass is 16.7. The second-order valence-corrected chi connectivity index (χ2v) is 2.24. The molecule has 0 radical (unpaired) electrons. The fraction of sp³-hybridized carbons (Fsp3) is 0.333. The van der Waals surface area contributed by atoms with Crippen molar-refractivity contribution in [3.05, 3.63) is 36.0 Å². The molecule has 0 amide bonds. The first kappa shape index (κ1) is 8.71. The van der Waals surface area contributed by atoms with Gasteiger partial charge in [-0.3, -0.25) is 0 Å². The minimum absolute atomic E-state index is 0.266. The fourth-order valence-electron chi connectivity index (χ4n) is 0.842. The van der Waals surface area contributed by atoms with Crippen molar-refractivity contribution in [1.29, 1.82) is 0 Å². The van der Waals surface area contributed by atoms with Crippen LogP contribution in [0.2, 0.25) is 0 Å². The number of methoxy groups -OCH3 is 1. The molecule has 0 bridgehead atoms. The van der Waals surface area contributed by atoms with E-state index in [0.29, 0.717) is 11.5 Å². The molecule has 1 heterocycles. The number of hydrogen-bond donors (Lipinski definition) is 0. The van der Waals surface area contributed by atoms with Crippen LogP contribution in [-0.2, 0) is 14.2 Å². The molecular formula is C9H12O3. The van der Waals surface area contributed by atoms with Crippen LogP contribution in [0.15, 0.2) is 36.0 Å². The zero-order valence-electron chi connectivity index (χ0n) is 7.29. The summed E-state index contributed by atoms with van der Waals surface area (Å²) < 4.78 is 15.2. The average Bonchev–Trinajstić information content (AvgIpc) is 2.51. The van der Waals surface area contributed by atoms with Crippen molar-refractivity contribution in [3.63, 3.8) is 0 Å². The normalized spacial score (nSPS) is 22.2. The first-order valence-corrected chi connectivity index (χ1v) is 3.64. The lowest BCUT2D eigenvalue weighted by Gasteiger charge is -1.98. The van der Waals surface area contributed by atoms with Gasteiger partial charge in [-0.2, -0.15) is 0 Å². The SMILES string of the molecule is C=C(/C=C1/OCO/C1=C/C)OC. The highest BCUT2D eigenvalue weighted by Crippen LogP contribution is 2.21. The molecule has 0 N–H and O–H groups in total. The molecule has 66 valence electrons. The van der Waals surface area contributed by atoms with E-state index in [2.05, 4.69) is 6.58 Å². The molecular weight excluding hydrogens is 156 g/mol. The van der Waals surface area contributed by atoms with Crippen molar-refractivity contribution < 1.29 is 14.2 Å². The molecule has 3 nitrogen and oxygen atoms in total. The van der Waals surface area contributed by atoms with Crippen LogP contribution in [0.5, 0.6) is 0 Å². The molecule has 1 aliphatic heterocycles. The summed E-state index contributed by atoms with van der Waals surface area (Å²) in [5.74, 6) is 1.95. The molecule has 3 heteroatoms. The average molecular weight is 168 g/mol. The highest BCUT2D eigenvalue weighted by Gasteiger charge is 2.15. The third-order valence-electron chi connectivity index (χ3n) is 1.49. The van der Waals surface area contributed by atoms with Gasteiger partial charge >= 0.3 is 0 Å². The lowest BCUT2D eigenvalue weighted by Crippen LogP contribution is -1.85. The van der Waals surface area contributed by atoms with Crippen molar-refractivity contribution in [2.75, 3.05) is 13.9 Å². The zero-order chi connectivity index (χ0) is 8.97. The molecule has 1 aliphatic rings. The monoisotopic (exact) mass is 168 g/mol. The van der Waals surface area contributed by atoms with E-state index in [0.717, 1.165) is 5.76 Å². The Labute approximate surface area is 71.9 Å². The molecule has 0 aromatic rings. The number of rotatable bonds is 2. The quantitative estimate of drug-likeness (QED) is 0.590. The van der Waals surface area contributed by atoms with Crippen LogP contribution >= 0.6 is 0 Å². The van der Waals surface area contributed by atoms with Gasteiger partial charge in [0.05, 0.1) is 7.11 Å². The maximum Gasteiger partial charge on any atom is 0.231 e. The molecule has 0 unspecified atom stereocenters. The molecule has 1 saturated heterocycles. The third kappa shape index (κ3) is 1.81. The minimum Gasteiger partial charge on any atom is -0.497 e. The fourth-order valence-corrected chi connectivity index (χ4v) is 0.842. The summed E-state index contributed by atoms with van der Waals surface area (Å²) in [5, 5.41) is 0. The summed E-state index contributed by atoms with van der Waals surface area (Å²) in [6.45, 7) is 5.79. The standard InChI is InChI=1S/C9H12O3/c1-4-8-9(12-6-11-8)5-7(2)10-3/h4-5H,2,6H2,1,3H3/b8-4+,9-5+. The van der Waals surface area contributed by atoms with E-state index < -0.39 is 0 Å². The van der Waals surface area contributed by atoms with E-state index in [-0.39, 0.29) is 6.79 Å². The van der Waals surface area contributed by atoms with Crippen molar-refractivity contribution in [2.24, 2.45) is 0 Å². The summed E-state index contributed by atoms with van der Waals surface area (Å²) in [7, 11) is 1.56. The minimum atomic E-state index is 0.266. The first-order valence-electron chi connectivity index (χ1n) is 3.64. The van der Waals surface area contributed by atoms with Crippen molar-refractivity contribution >= 4 is 0 Å². The molecule has 0 aromatic heterocycles. The van der Waals surface area contributed by atoms with Crippen LogP contribution in [0, 0.1) is 0 Å². The molecule has 0 aliphatic carbocycles. The Balaban J connectivity index is 2.74. The summed E-state index contributed by atoms with van der Waals surface area (Å²) >= 11 is 0. The van der Waals surface area contributed by atoms with Gasteiger partial charge in [0, 0.05) is 6.08 Å². The summed E-state index contributed by atoms with van der Waals surface area (Å²) in [5.41, 5.74) is 0. The molecule has 12 heavy (non-hydrogen) atoms. The lowest BCUT2D eigenvalue weighted by atomic mass is 10.3. The van der Waals surface area contributed by atoms with Gasteiger partial charge in [0.1, 0.15) is 5.76 Å². The smallest absolute Gasteiger partial charge is 0.231 e. The second-order valence-electron chi connectivity index (χ2n) is 2.24. The molecule has 0 atom stereocenters. The van der Waals surface area contributed by atoms with Gasteiger partial charge in [-0.15, -0.1) is 0 Å². The van der Waals surface area contributed by atoms with E-state index in [1.54, 1.807) is 13.2 Å². The van der Waals surface area contributed by atoms with Crippen molar-refractivity contribution in [1.82, 2.24) is 0 Å².